The van der Waals surface area contributed by atoms with E-state index < -0.39 is 38.0 Å². The molecule has 0 aliphatic heterocycles. The summed E-state index contributed by atoms with van der Waals surface area (Å²) < 4.78 is 8.89. The number of ether oxygens (including phenoxy) is 2. The zero-order valence-corrected chi connectivity index (χ0v) is 19.2. The van der Waals surface area contributed by atoms with Crippen LogP contribution >= 0.6 is 46.4 Å². The van der Waals surface area contributed by atoms with Gasteiger partial charge < -0.3 is 9.47 Å². The summed E-state index contributed by atoms with van der Waals surface area (Å²) in [5.74, 6) is -3.07. The van der Waals surface area contributed by atoms with Gasteiger partial charge in [-0.3, -0.25) is 20.2 Å². The van der Waals surface area contributed by atoms with Crippen molar-refractivity contribution >= 4 is 69.7 Å². The summed E-state index contributed by atoms with van der Waals surface area (Å²) in [5.41, 5.74) is -1.09. The van der Waals surface area contributed by atoms with E-state index in [-0.39, 0.29) is 45.8 Å². The third-order valence-corrected chi connectivity index (χ3v) is 6.69. The molecule has 0 amide bonds. The summed E-state index contributed by atoms with van der Waals surface area (Å²) in [4.78, 5) is 45.0. The van der Waals surface area contributed by atoms with E-state index in [9.17, 15) is 29.8 Å². The van der Waals surface area contributed by atoms with Crippen molar-refractivity contribution in [1.29, 1.82) is 0 Å². The molecule has 10 nitrogen and oxygen atoms in total. The third-order valence-electron chi connectivity index (χ3n) is 4.91. The quantitative estimate of drug-likeness (QED) is 0.192. The van der Waals surface area contributed by atoms with Crippen LogP contribution in [0.2, 0.25) is 10.0 Å². The molecule has 1 fully saturated rings. The Bertz CT molecular complexity index is 1070. The van der Waals surface area contributed by atoms with E-state index in [1.54, 1.807) is 0 Å². The molecule has 0 spiro atoms. The Morgan fingerprint density at radius 2 is 1.18 bits per heavy atom. The van der Waals surface area contributed by atoms with E-state index in [2.05, 4.69) is 0 Å². The van der Waals surface area contributed by atoms with Crippen LogP contribution in [0.4, 0.5) is 11.4 Å². The fourth-order valence-corrected chi connectivity index (χ4v) is 4.09. The van der Waals surface area contributed by atoms with E-state index in [0.717, 1.165) is 24.3 Å². The normalized spacial score (nSPS) is 18.3. The van der Waals surface area contributed by atoms with Gasteiger partial charge in [-0.1, -0.05) is 23.2 Å². The molecule has 0 bridgehead atoms. The first-order chi connectivity index (χ1) is 15.4. The standard InChI is InChI=1S/C19H12Cl4N2O8/c20-15-3-1-9(24(28)29)5-11(15)17(26)32-7-13-14(19(13,22)23)8-33-18(27)12-6-10(25(30)31)2-4-16(12)21/h1-6,13-14H,7-8H2/t13-,14-/m0/s1. The third kappa shape index (κ3) is 5.47. The van der Waals surface area contributed by atoms with Gasteiger partial charge in [0.15, 0.2) is 0 Å². The molecule has 2 atom stereocenters. The Balaban J connectivity index is 1.59. The Hall–Kier alpha value is -2.66. The van der Waals surface area contributed by atoms with E-state index in [1.165, 1.54) is 12.1 Å². The van der Waals surface area contributed by atoms with Gasteiger partial charge in [0.25, 0.3) is 11.4 Å². The van der Waals surface area contributed by atoms with Crippen molar-refractivity contribution in [2.75, 3.05) is 13.2 Å². The molecule has 3 rings (SSSR count). The second-order valence-electron chi connectivity index (χ2n) is 6.93. The van der Waals surface area contributed by atoms with E-state index >= 15 is 0 Å². The van der Waals surface area contributed by atoms with Gasteiger partial charge in [-0.2, -0.15) is 0 Å². The summed E-state index contributed by atoms with van der Waals surface area (Å²) >= 11 is 24.2. The highest BCUT2D eigenvalue weighted by Crippen LogP contribution is 2.59. The molecule has 174 valence electrons. The first-order valence-corrected chi connectivity index (χ1v) is 10.5. The molecule has 1 aliphatic carbocycles. The van der Waals surface area contributed by atoms with Crippen molar-refractivity contribution in [2.24, 2.45) is 11.8 Å². The van der Waals surface area contributed by atoms with Gasteiger partial charge >= 0.3 is 11.9 Å². The smallest absolute Gasteiger partial charge is 0.339 e. The zero-order chi connectivity index (χ0) is 24.5. The van der Waals surface area contributed by atoms with Crippen molar-refractivity contribution in [3.63, 3.8) is 0 Å². The maximum atomic E-state index is 12.3. The van der Waals surface area contributed by atoms with Crippen LogP contribution in [0.3, 0.4) is 0 Å². The SMILES string of the molecule is O=C(OC[C@H]1[C@H](COC(=O)c2cc([N+](=O)[O-])ccc2Cl)C1(Cl)Cl)c1cc([N+](=O)[O-])ccc1Cl. The van der Waals surface area contributed by atoms with Gasteiger partial charge in [0.1, 0.15) is 4.33 Å². The average Bonchev–Trinajstić information content (AvgIpc) is 3.28. The number of hydrogen-bond donors (Lipinski definition) is 0. The molecule has 33 heavy (non-hydrogen) atoms. The first-order valence-electron chi connectivity index (χ1n) is 9.03. The molecule has 0 aromatic heterocycles. The van der Waals surface area contributed by atoms with Crippen molar-refractivity contribution < 1.29 is 28.9 Å². The largest absolute Gasteiger partial charge is 0.462 e. The second kappa shape index (κ2) is 9.68. The summed E-state index contributed by atoms with van der Waals surface area (Å²) in [7, 11) is 0. The van der Waals surface area contributed by atoms with Crippen molar-refractivity contribution in [2.45, 2.75) is 4.33 Å². The number of nitrogens with zero attached hydrogens (tertiary/aromatic N) is 2. The highest BCUT2D eigenvalue weighted by molar-refractivity contribution is 6.51. The lowest BCUT2D eigenvalue weighted by molar-refractivity contribution is -0.385. The van der Waals surface area contributed by atoms with Gasteiger partial charge in [-0.25, -0.2) is 9.59 Å². The van der Waals surface area contributed by atoms with Crippen molar-refractivity contribution in [1.82, 2.24) is 0 Å². The van der Waals surface area contributed by atoms with Crippen LogP contribution in [-0.2, 0) is 9.47 Å². The molecule has 0 N–H and O–H groups in total. The monoisotopic (exact) mass is 536 g/mol. The molecule has 0 unspecified atom stereocenters. The van der Waals surface area contributed by atoms with Gasteiger partial charge in [0.05, 0.1) is 44.2 Å². The van der Waals surface area contributed by atoms with Crippen LogP contribution in [0.25, 0.3) is 0 Å². The second-order valence-corrected chi connectivity index (χ2v) is 9.19. The molecule has 2 aromatic carbocycles. The van der Waals surface area contributed by atoms with Crippen molar-refractivity contribution in [3.05, 3.63) is 77.8 Å². The molecule has 0 radical (unpaired) electrons. The minimum Gasteiger partial charge on any atom is -0.462 e. The molecule has 1 saturated carbocycles. The number of carbonyl (C=O) groups excluding carboxylic acids is 2. The number of alkyl halides is 2. The molecule has 0 saturated heterocycles. The highest BCUT2D eigenvalue weighted by atomic mass is 35.5. The summed E-state index contributed by atoms with van der Waals surface area (Å²) in [5, 5.41) is 21.7. The number of hydrogen-bond acceptors (Lipinski definition) is 8. The number of halogens is 4. The first kappa shape index (κ1) is 25.0. The lowest BCUT2D eigenvalue weighted by atomic mass is 10.2. The van der Waals surface area contributed by atoms with E-state index in [0.29, 0.717) is 0 Å². The minimum atomic E-state index is -1.38. The predicted molar refractivity (Wildman–Crippen MR) is 118 cm³/mol. The van der Waals surface area contributed by atoms with Crippen LogP contribution in [0.5, 0.6) is 0 Å². The van der Waals surface area contributed by atoms with Gasteiger partial charge in [0, 0.05) is 36.1 Å². The number of non-ortho nitro benzene ring substituents is 2. The van der Waals surface area contributed by atoms with Crippen molar-refractivity contribution in [3.8, 4) is 0 Å². The number of nitro benzene ring substituents is 2. The number of carbonyl (C=O) groups is 2. The lowest BCUT2D eigenvalue weighted by Gasteiger charge is -2.07. The Kier molecular flexibility index (Phi) is 7.32. The summed E-state index contributed by atoms with van der Waals surface area (Å²) in [6, 6.07) is 6.63. The Labute approximate surface area is 205 Å². The molecular weight excluding hydrogens is 526 g/mol. The van der Waals surface area contributed by atoms with E-state index in [4.69, 9.17) is 55.9 Å². The fraction of sp³-hybridized carbons (Fsp3) is 0.263. The summed E-state index contributed by atoms with van der Waals surface area (Å²) in [6.07, 6.45) is 0. The van der Waals surface area contributed by atoms with Gasteiger partial charge in [0.2, 0.25) is 0 Å². The Morgan fingerprint density at radius 1 is 0.818 bits per heavy atom. The molecule has 14 heteroatoms. The van der Waals surface area contributed by atoms with Crippen LogP contribution in [-0.4, -0.2) is 39.3 Å². The fourth-order valence-electron chi connectivity index (χ4n) is 2.97. The summed E-state index contributed by atoms with van der Waals surface area (Å²) in [6.45, 7) is -0.546. The van der Waals surface area contributed by atoms with Crippen LogP contribution in [0, 0.1) is 32.1 Å². The predicted octanol–water partition coefficient (Wildman–Crippen LogP) is 5.24. The molecule has 1 aliphatic rings. The number of benzene rings is 2. The lowest BCUT2D eigenvalue weighted by Crippen LogP contribution is -2.12. The maximum absolute atomic E-state index is 12.3. The number of rotatable bonds is 8. The average molecular weight is 538 g/mol. The van der Waals surface area contributed by atoms with Gasteiger partial charge in [-0.15, -0.1) is 23.2 Å². The minimum absolute atomic E-state index is 0.0382. The Morgan fingerprint density at radius 3 is 1.52 bits per heavy atom. The van der Waals surface area contributed by atoms with Gasteiger partial charge in [-0.05, 0) is 12.1 Å². The highest BCUT2D eigenvalue weighted by Gasteiger charge is 2.64. The molecular formula is C19H12Cl4N2O8. The number of esters is 2. The molecule has 0 heterocycles. The van der Waals surface area contributed by atoms with E-state index in [1.807, 2.05) is 0 Å². The van der Waals surface area contributed by atoms with Crippen LogP contribution < -0.4 is 0 Å². The topological polar surface area (TPSA) is 139 Å². The molecule has 2 aromatic rings. The van der Waals surface area contributed by atoms with Crippen LogP contribution in [0.15, 0.2) is 36.4 Å². The number of nitro groups is 2. The van der Waals surface area contributed by atoms with Crippen LogP contribution in [0.1, 0.15) is 20.7 Å². The maximum Gasteiger partial charge on any atom is 0.339 e. The zero-order valence-electron chi connectivity index (χ0n) is 16.2.